The predicted molar refractivity (Wildman–Crippen MR) is 99.5 cm³/mol. The molecule has 7 atom stereocenters. The third kappa shape index (κ3) is 1.96. The minimum absolute atomic E-state index is 0.287. The fourth-order valence-electron chi connectivity index (χ4n) is 7.58. The van der Waals surface area contributed by atoms with Crippen LogP contribution in [-0.2, 0) is 0 Å². The van der Waals surface area contributed by atoms with Gasteiger partial charge in [-0.3, -0.25) is 0 Å². The zero-order valence-corrected chi connectivity index (χ0v) is 16.1. The Morgan fingerprint density at radius 3 is 2.50 bits per heavy atom. The number of fused-ring (bicyclic) bond motifs is 5. The highest BCUT2D eigenvalue weighted by Gasteiger charge is 2.62. The summed E-state index contributed by atoms with van der Waals surface area (Å²) in [5.41, 5.74) is 3.87. The topological polar surface area (TPSA) is 0 Å². The van der Waals surface area contributed by atoms with E-state index in [0.717, 1.165) is 30.6 Å². The molecule has 3 fully saturated rings. The molecule has 0 aromatic carbocycles. The van der Waals surface area contributed by atoms with Crippen LogP contribution in [0.3, 0.4) is 0 Å². The van der Waals surface area contributed by atoms with Gasteiger partial charge in [-0.15, -0.1) is 0 Å². The molecule has 5 unspecified atom stereocenters. The summed E-state index contributed by atoms with van der Waals surface area (Å²) < 4.78 is 14.0. The van der Waals surface area contributed by atoms with E-state index >= 15 is 0 Å². The number of allylic oxidation sites excluding steroid dienone is 3. The van der Waals surface area contributed by atoms with E-state index in [4.69, 9.17) is 0 Å². The molecule has 0 aliphatic heterocycles. The quantitative estimate of drug-likeness (QED) is 0.460. The highest BCUT2D eigenvalue weighted by Crippen LogP contribution is 2.70. The minimum atomic E-state index is -0.590. The van der Waals surface area contributed by atoms with E-state index in [2.05, 4.69) is 40.3 Å². The summed E-state index contributed by atoms with van der Waals surface area (Å²) in [5, 5.41) is 0. The molecule has 0 saturated heterocycles. The summed E-state index contributed by atoms with van der Waals surface area (Å²) in [6, 6.07) is 0. The maximum absolute atomic E-state index is 14.0. The van der Waals surface area contributed by atoms with Crippen LogP contribution in [0.1, 0.15) is 79.1 Å². The van der Waals surface area contributed by atoms with Crippen LogP contribution in [0.5, 0.6) is 0 Å². The average Bonchev–Trinajstić information content (AvgIpc) is 2.81. The number of alkyl halides is 1. The van der Waals surface area contributed by atoms with Crippen LogP contribution in [0.2, 0.25) is 0 Å². The van der Waals surface area contributed by atoms with Crippen molar-refractivity contribution >= 4 is 0 Å². The zero-order valence-electron chi connectivity index (χ0n) is 16.1. The van der Waals surface area contributed by atoms with E-state index in [1.54, 1.807) is 0 Å². The first-order chi connectivity index (χ1) is 11.2. The summed E-state index contributed by atoms with van der Waals surface area (Å²) in [6.07, 6.45) is 11.0. The Kier molecular flexibility index (Phi) is 3.66. The molecule has 4 aliphatic rings. The Labute approximate surface area is 148 Å². The molecule has 0 nitrogen and oxygen atoms in total. The first kappa shape index (κ1) is 16.9. The van der Waals surface area contributed by atoms with Crippen LogP contribution in [0, 0.1) is 34.0 Å². The van der Waals surface area contributed by atoms with Gasteiger partial charge in [0.15, 0.2) is 0 Å². The molecule has 0 radical (unpaired) electrons. The van der Waals surface area contributed by atoms with Crippen molar-refractivity contribution in [3.05, 3.63) is 23.8 Å². The van der Waals surface area contributed by atoms with E-state index < -0.39 is 6.17 Å². The van der Waals surface area contributed by atoms with Crippen LogP contribution < -0.4 is 0 Å². The standard InChI is InChI=1S/C23H35F/c1-15(2)22(4)12-10-20-18-7-6-16-14-17(24)8-11-21(16,3)19(18)9-13-23(20,22)5/h6,17-20H,1,7-14H2,2-5H3/t17?,18?,19?,20?,21-,22+,23?/m0/s1. The first-order valence-corrected chi connectivity index (χ1v) is 10.2. The maximum Gasteiger partial charge on any atom is 0.104 e. The predicted octanol–water partition coefficient (Wildman–Crippen LogP) is 6.87. The highest BCUT2D eigenvalue weighted by molar-refractivity contribution is 5.27. The van der Waals surface area contributed by atoms with Gasteiger partial charge < -0.3 is 0 Å². The molecular weight excluding hydrogens is 295 g/mol. The van der Waals surface area contributed by atoms with Gasteiger partial charge in [-0.2, -0.15) is 0 Å². The summed E-state index contributed by atoms with van der Waals surface area (Å²) in [4.78, 5) is 0. The second-order valence-corrected chi connectivity index (χ2v) is 10.2. The van der Waals surface area contributed by atoms with Gasteiger partial charge in [0.05, 0.1) is 0 Å². The monoisotopic (exact) mass is 330 g/mol. The Morgan fingerprint density at radius 1 is 1.08 bits per heavy atom. The van der Waals surface area contributed by atoms with Crippen molar-refractivity contribution in [2.24, 2.45) is 34.0 Å². The third-order valence-electron chi connectivity index (χ3n) is 9.59. The molecule has 4 rings (SSSR count). The fourth-order valence-corrected chi connectivity index (χ4v) is 7.58. The van der Waals surface area contributed by atoms with Gasteiger partial charge in [0.1, 0.15) is 6.17 Å². The molecule has 1 heteroatoms. The lowest BCUT2D eigenvalue weighted by atomic mass is 9.45. The summed E-state index contributed by atoms with van der Waals surface area (Å²) in [7, 11) is 0. The molecule has 0 N–H and O–H groups in total. The Balaban J connectivity index is 1.69. The van der Waals surface area contributed by atoms with Crippen molar-refractivity contribution in [1.29, 1.82) is 0 Å². The average molecular weight is 331 g/mol. The Morgan fingerprint density at radius 2 is 1.79 bits per heavy atom. The van der Waals surface area contributed by atoms with Gasteiger partial charge >= 0.3 is 0 Å². The van der Waals surface area contributed by atoms with Crippen LogP contribution in [0.4, 0.5) is 4.39 Å². The number of hydrogen-bond acceptors (Lipinski definition) is 0. The fraction of sp³-hybridized carbons (Fsp3) is 0.826. The van der Waals surface area contributed by atoms with Crippen molar-refractivity contribution < 1.29 is 4.39 Å². The van der Waals surface area contributed by atoms with E-state index in [-0.39, 0.29) is 5.41 Å². The smallest absolute Gasteiger partial charge is 0.104 e. The largest absolute Gasteiger partial charge is 0.247 e. The molecule has 0 heterocycles. The van der Waals surface area contributed by atoms with Gasteiger partial charge in [0.2, 0.25) is 0 Å². The molecule has 0 aromatic rings. The van der Waals surface area contributed by atoms with Crippen LogP contribution in [0.15, 0.2) is 23.8 Å². The van der Waals surface area contributed by atoms with Crippen molar-refractivity contribution in [2.75, 3.05) is 0 Å². The SMILES string of the molecule is C=C(C)[C@@]1(C)CCC2C3CC=C4CC(F)CC[C@]4(C)C3CCC21C. The molecule has 0 amide bonds. The normalized spacial score (nSPS) is 53.6. The Hall–Kier alpha value is -0.590. The molecule has 4 aliphatic carbocycles. The lowest BCUT2D eigenvalue weighted by molar-refractivity contribution is -0.0601. The van der Waals surface area contributed by atoms with E-state index in [0.29, 0.717) is 17.3 Å². The number of rotatable bonds is 1. The first-order valence-electron chi connectivity index (χ1n) is 10.2. The summed E-state index contributed by atoms with van der Waals surface area (Å²) >= 11 is 0. The molecule has 0 aromatic heterocycles. The second-order valence-electron chi connectivity index (χ2n) is 10.2. The van der Waals surface area contributed by atoms with Gasteiger partial charge in [0.25, 0.3) is 0 Å². The van der Waals surface area contributed by atoms with Crippen molar-refractivity contribution in [2.45, 2.75) is 85.2 Å². The number of hydrogen-bond donors (Lipinski definition) is 0. The highest BCUT2D eigenvalue weighted by atomic mass is 19.1. The van der Waals surface area contributed by atoms with Gasteiger partial charge in [-0.05, 0) is 85.9 Å². The molecule has 24 heavy (non-hydrogen) atoms. The van der Waals surface area contributed by atoms with Crippen molar-refractivity contribution in [3.8, 4) is 0 Å². The summed E-state index contributed by atoms with van der Waals surface area (Å²) in [5.74, 6) is 2.43. The van der Waals surface area contributed by atoms with E-state index in [1.165, 1.54) is 43.3 Å². The molecular formula is C23H35F. The summed E-state index contributed by atoms with van der Waals surface area (Å²) in [6.45, 7) is 14.2. The Bertz CT molecular complexity index is 589. The molecule has 134 valence electrons. The lowest BCUT2D eigenvalue weighted by Gasteiger charge is -2.59. The van der Waals surface area contributed by atoms with Crippen LogP contribution in [0.25, 0.3) is 0 Å². The van der Waals surface area contributed by atoms with E-state index in [1.807, 2.05) is 0 Å². The zero-order chi connectivity index (χ0) is 17.3. The lowest BCUT2D eigenvalue weighted by Crippen LogP contribution is -2.52. The van der Waals surface area contributed by atoms with Gasteiger partial charge in [0, 0.05) is 6.42 Å². The van der Waals surface area contributed by atoms with Crippen molar-refractivity contribution in [3.63, 3.8) is 0 Å². The van der Waals surface area contributed by atoms with Crippen LogP contribution in [-0.4, -0.2) is 6.17 Å². The van der Waals surface area contributed by atoms with E-state index in [9.17, 15) is 4.39 Å². The minimum Gasteiger partial charge on any atom is -0.247 e. The molecule has 0 bridgehead atoms. The molecule has 0 spiro atoms. The maximum atomic E-state index is 14.0. The van der Waals surface area contributed by atoms with Crippen LogP contribution >= 0.6 is 0 Å². The van der Waals surface area contributed by atoms with Gasteiger partial charge in [-0.25, -0.2) is 4.39 Å². The number of halogens is 1. The van der Waals surface area contributed by atoms with Crippen molar-refractivity contribution in [1.82, 2.24) is 0 Å². The second kappa shape index (κ2) is 5.21. The third-order valence-corrected chi connectivity index (χ3v) is 9.59. The van der Waals surface area contributed by atoms with Gasteiger partial charge in [-0.1, -0.05) is 44.6 Å². The molecule has 3 saturated carbocycles.